The van der Waals surface area contributed by atoms with Gasteiger partial charge >= 0.3 is 0 Å². The maximum atomic E-state index is 11.4. The molecule has 0 aliphatic heterocycles. The van der Waals surface area contributed by atoms with Gasteiger partial charge in [-0.3, -0.25) is 4.79 Å². The molecule has 0 aliphatic carbocycles. The summed E-state index contributed by atoms with van der Waals surface area (Å²) in [6.07, 6.45) is 2.20. The summed E-state index contributed by atoms with van der Waals surface area (Å²) in [5, 5.41) is 22.1. The zero-order valence-corrected chi connectivity index (χ0v) is 10.8. The molecule has 0 spiro atoms. The molecule has 1 rings (SSSR count). The molecule has 94 valence electrons. The molecule has 1 N–H and O–H groups in total. The summed E-state index contributed by atoms with van der Waals surface area (Å²) in [7, 11) is 0. The van der Waals surface area contributed by atoms with Crippen LogP contribution in [0.15, 0.2) is 12.2 Å². The van der Waals surface area contributed by atoms with Crippen molar-refractivity contribution in [2.24, 2.45) is 0 Å². The second-order valence-corrected chi connectivity index (χ2v) is 4.67. The van der Waals surface area contributed by atoms with Crippen molar-refractivity contribution in [1.29, 1.82) is 5.26 Å². The molecule has 1 aromatic rings. The number of nitrogens with one attached hydrogen (secondary N) is 1. The fraction of sp³-hybridized carbons (Fsp3) is 0.250. The van der Waals surface area contributed by atoms with E-state index < -0.39 is 11.9 Å². The molecule has 0 radical (unpaired) electrons. The topological polar surface area (TPSA) is 93.0 Å². The lowest BCUT2D eigenvalue weighted by atomic mass is 10.1. The number of aliphatic carboxylic acids is 1. The molecule has 0 atom stereocenters. The number of anilines is 1. The molecule has 0 saturated carbocycles. The molecule has 5 nitrogen and oxygen atoms in total. The molecule has 0 bridgehead atoms. The number of nitrogens with zero attached hydrogens (tertiary/aromatic N) is 1. The predicted octanol–water partition coefficient (Wildman–Crippen LogP) is 0.735. The van der Waals surface area contributed by atoms with E-state index in [9.17, 15) is 14.7 Å². The summed E-state index contributed by atoms with van der Waals surface area (Å²) < 4.78 is 0. The number of nitriles is 1. The van der Waals surface area contributed by atoms with Gasteiger partial charge in [-0.2, -0.15) is 5.26 Å². The predicted molar refractivity (Wildman–Crippen MR) is 65.9 cm³/mol. The van der Waals surface area contributed by atoms with E-state index in [1.54, 1.807) is 0 Å². The molecule has 1 amide bonds. The van der Waals surface area contributed by atoms with Gasteiger partial charge < -0.3 is 15.2 Å². The third-order valence-electron chi connectivity index (χ3n) is 2.28. The monoisotopic (exact) mass is 263 g/mol. The van der Waals surface area contributed by atoms with E-state index in [0.717, 1.165) is 16.5 Å². The van der Waals surface area contributed by atoms with Gasteiger partial charge in [-0.1, -0.05) is 6.92 Å². The number of hydrogen-bond donors (Lipinski definition) is 1. The lowest BCUT2D eigenvalue weighted by Crippen LogP contribution is -2.20. The van der Waals surface area contributed by atoms with Gasteiger partial charge in [0.2, 0.25) is 5.91 Å². The van der Waals surface area contributed by atoms with Crippen LogP contribution < -0.4 is 10.4 Å². The zero-order valence-electron chi connectivity index (χ0n) is 9.94. The standard InChI is InChI=1S/C12H12N2O3S/c1-3-8-7(2)18-12(9(8)6-13)14-10(15)4-5-11(16)17/h4-5H,3H2,1-2H3,(H,14,15)(H,16,17)/p-1/b5-4+. The van der Waals surface area contributed by atoms with Crippen LogP contribution in [0.2, 0.25) is 0 Å². The van der Waals surface area contributed by atoms with Crippen LogP contribution in [0, 0.1) is 18.3 Å². The van der Waals surface area contributed by atoms with Crippen LogP contribution in [-0.4, -0.2) is 11.9 Å². The van der Waals surface area contributed by atoms with Crippen LogP contribution in [0.4, 0.5) is 5.00 Å². The second kappa shape index (κ2) is 5.98. The molecule has 1 heterocycles. The highest BCUT2D eigenvalue weighted by molar-refractivity contribution is 7.16. The molecule has 0 saturated heterocycles. The van der Waals surface area contributed by atoms with E-state index >= 15 is 0 Å². The van der Waals surface area contributed by atoms with Gasteiger partial charge in [-0.15, -0.1) is 11.3 Å². The SMILES string of the molecule is CCc1c(C)sc(NC(=O)/C=C/C(=O)[O-])c1C#N. The third-order valence-corrected chi connectivity index (χ3v) is 3.34. The number of carboxylic acids is 1. The Hall–Kier alpha value is -2.13. The van der Waals surface area contributed by atoms with Crippen molar-refractivity contribution >= 4 is 28.2 Å². The first kappa shape index (κ1) is 13.9. The maximum Gasteiger partial charge on any atom is 0.249 e. The first-order chi connectivity index (χ1) is 8.49. The molecule has 6 heteroatoms. The normalized spacial score (nSPS) is 10.3. The average Bonchev–Trinajstić information content (AvgIpc) is 2.61. The highest BCUT2D eigenvalue weighted by Gasteiger charge is 2.15. The number of carbonyl (C=O) groups is 2. The lowest BCUT2D eigenvalue weighted by molar-refractivity contribution is -0.297. The van der Waals surface area contributed by atoms with Crippen LogP contribution >= 0.6 is 11.3 Å². The van der Waals surface area contributed by atoms with Crippen molar-refractivity contribution in [3.05, 3.63) is 28.2 Å². The number of amides is 1. The fourth-order valence-electron chi connectivity index (χ4n) is 1.51. The molecular weight excluding hydrogens is 252 g/mol. The van der Waals surface area contributed by atoms with Crippen LogP contribution in [0.25, 0.3) is 0 Å². The van der Waals surface area contributed by atoms with E-state index in [4.69, 9.17) is 5.26 Å². The molecule has 0 fully saturated rings. The van der Waals surface area contributed by atoms with Gasteiger partial charge in [0.1, 0.15) is 11.1 Å². The highest BCUT2D eigenvalue weighted by atomic mass is 32.1. The fourth-order valence-corrected chi connectivity index (χ4v) is 2.61. The number of carbonyl (C=O) groups excluding carboxylic acids is 2. The van der Waals surface area contributed by atoms with Crippen LogP contribution in [0.5, 0.6) is 0 Å². The van der Waals surface area contributed by atoms with E-state index in [2.05, 4.69) is 5.32 Å². The van der Waals surface area contributed by atoms with Crippen LogP contribution in [-0.2, 0) is 16.0 Å². The summed E-state index contributed by atoms with van der Waals surface area (Å²) >= 11 is 1.30. The van der Waals surface area contributed by atoms with E-state index in [-0.39, 0.29) is 0 Å². The second-order valence-electron chi connectivity index (χ2n) is 3.45. The number of thiophene rings is 1. The average molecular weight is 263 g/mol. The van der Waals surface area contributed by atoms with Crippen molar-refractivity contribution < 1.29 is 14.7 Å². The summed E-state index contributed by atoms with van der Waals surface area (Å²) in [6, 6.07) is 2.05. The van der Waals surface area contributed by atoms with E-state index in [0.29, 0.717) is 23.1 Å². The van der Waals surface area contributed by atoms with Crippen molar-refractivity contribution in [3.8, 4) is 6.07 Å². The molecule has 0 aliphatic rings. The molecule has 18 heavy (non-hydrogen) atoms. The Balaban J connectivity index is 2.96. The number of rotatable bonds is 4. The summed E-state index contributed by atoms with van der Waals surface area (Å²) in [4.78, 5) is 22.5. The van der Waals surface area contributed by atoms with Gasteiger partial charge in [0.15, 0.2) is 0 Å². The van der Waals surface area contributed by atoms with Crippen molar-refractivity contribution in [2.45, 2.75) is 20.3 Å². The maximum absolute atomic E-state index is 11.4. The Morgan fingerprint density at radius 1 is 1.50 bits per heavy atom. The highest BCUT2D eigenvalue weighted by Crippen LogP contribution is 2.32. The number of carboxylic acid groups (broad SMARTS) is 1. The zero-order chi connectivity index (χ0) is 13.7. The quantitative estimate of drug-likeness (QED) is 0.810. The van der Waals surface area contributed by atoms with Gasteiger partial charge in [0.05, 0.1) is 11.5 Å². The number of hydrogen-bond acceptors (Lipinski definition) is 5. The molecule has 1 aromatic heterocycles. The lowest BCUT2D eigenvalue weighted by Gasteiger charge is -1.99. The minimum absolute atomic E-state index is 0.440. The minimum atomic E-state index is -1.44. The molecule has 0 aromatic carbocycles. The Kier molecular flexibility index (Phi) is 4.63. The van der Waals surface area contributed by atoms with Crippen LogP contribution in [0.1, 0.15) is 22.9 Å². The van der Waals surface area contributed by atoms with Gasteiger partial charge in [0, 0.05) is 11.0 Å². The molecule has 0 unspecified atom stereocenters. The van der Waals surface area contributed by atoms with E-state index in [1.165, 1.54) is 11.3 Å². The van der Waals surface area contributed by atoms with Crippen molar-refractivity contribution in [1.82, 2.24) is 0 Å². The smallest absolute Gasteiger partial charge is 0.249 e. The first-order valence-corrected chi connectivity index (χ1v) is 6.03. The van der Waals surface area contributed by atoms with Gasteiger partial charge in [-0.25, -0.2) is 0 Å². The summed E-state index contributed by atoms with van der Waals surface area (Å²) in [5.74, 6) is -2.04. The Bertz CT molecular complexity index is 552. The van der Waals surface area contributed by atoms with Gasteiger partial charge in [-0.05, 0) is 25.0 Å². The van der Waals surface area contributed by atoms with E-state index in [1.807, 2.05) is 19.9 Å². The Morgan fingerprint density at radius 3 is 2.67 bits per heavy atom. The third kappa shape index (κ3) is 3.18. The first-order valence-electron chi connectivity index (χ1n) is 5.22. The minimum Gasteiger partial charge on any atom is -0.545 e. The summed E-state index contributed by atoms with van der Waals surface area (Å²) in [6.45, 7) is 3.80. The van der Waals surface area contributed by atoms with Crippen molar-refractivity contribution in [3.63, 3.8) is 0 Å². The Morgan fingerprint density at radius 2 is 2.17 bits per heavy atom. The number of aryl methyl sites for hydroxylation is 1. The largest absolute Gasteiger partial charge is 0.545 e. The van der Waals surface area contributed by atoms with Crippen molar-refractivity contribution in [2.75, 3.05) is 5.32 Å². The Labute approximate surface area is 108 Å². The molecular formula is C12H11N2O3S-. The van der Waals surface area contributed by atoms with Crippen LogP contribution in [0.3, 0.4) is 0 Å². The van der Waals surface area contributed by atoms with Gasteiger partial charge in [0.25, 0.3) is 0 Å². The summed E-state index contributed by atoms with van der Waals surface area (Å²) in [5.41, 5.74) is 1.34.